The molecule has 0 spiro atoms. The van der Waals surface area contributed by atoms with Crippen molar-refractivity contribution in [2.45, 2.75) is 52.6 Å². The molecule has 1 N–H and O–H groups in total. The summed E-state index contributed by atoms with van der Waals surface area (Å²) in [6.45, 7) is 10.3. The Kier molecular flexibility index (Phi) is 3.87. The highest BCUT2D eigenvalue weighted by Gasteiger charge is 2.16. The zero-order valence-electron chi connectivity index (χ0n) is 12.1. The third-order valence-electron chi connectivity index (χ3n) is 2.86. The molecule has 6 heteroatoms. The van der Waals surface area contributed by atoms with E-state index in [0.29, 0.717) is 11.9 Å². The highest BCUT2D eigenvalue weighted by molar-refractivity contribution is 5.39. The molecule has 19 heavy (non-hydrogen) atoms. The van der Waals surface area contributed by atoms with Gasteiger partial charge in [0.25, 0.3) is 0 Å². The number of nitrogens with zero attached hydrogens (tertiary/aromatic N) is 4. The minimum atomic E-state index is -0.0372. The Morgan fingerprint density at radius 3 is 2.47 bits per heavy atom. The van der Waals surface area contributed by atoms with Crippen LogP contribution in [-0.2, 0) is 0 Å². The Bertz CT molecular complexity index is 529. The molecule has 0 unspecified atom stereocenters. The van der Waals surface area contributed by atoms with E-state index in [9.17, 15) is 0 Å². The summed E-state index contributed by atoms with van der Waals surface area (Å²) >= 11 is 0. The van der Waals surface area contributed by atoms with Crippen LogP contribution in [0.25, 0.3) is 0 Å². The van der Waals surface area contributed by atoms with E-state index in [4.69, 9.17) is 4.52 Å². The topological polar surface area (TPSA) is 68.8 Å². The summed E-state index contributed by atoms with van der Waals surface area (Å²) in [4.78, 5) is 4.38. The van der Waals surface area contributed by atoms with Crippen LogP contribution in [0.3, 0.4) is 0 Å². The first-order valence-electron chi connectivity index (χ1n) is 6.61. The van der Waals surface area contributed by atoms with Gasteiger partial charge in [0.1, 0.15) is 6.04 Å². The van der Waals surface area contributed by atoms with Crippen molar-refractivity contribution >= 4 is 5.69 Å². The molecule has 0 aliphatic heterocycles. The van der Waals surface area contributed by atoms with Crippen LogP contribution in [0.15, 0.2) is 16.9 Å². The van der Waals surface area contributed by atoms with Crippen LogP contribution in [0.4, 0.5) is 5.69 Å². The normalized spacial score (nSPS) is 13.2. The molecule has 0 aromatic carbocycles. The molecule has 0 fully saturated rings. The zero-order chi connectivity index (χ0) is 14.0. The maximum Gasteiger partial charge on any atom is 0.248 e. The summed E-state index contributed by atoms with van der Waals surface area (Å²) in [5.41, 5.74) is 0.950. The molecule has 104 valence electrons. The van der Waals surface area contributed by atoms with Gasteiger partial charge in [-0.15, -0.1) is 0 Å². The van der Waals surface area contributed by atoms with Crippen molar-refractivity contribution in [1.29, 1.82) is 0 Å². The Balaban J connectivity index is 2.04. The fraction of sp³-hybridized carbons (Fsp3) is 0.615. The molecule has 2 aromatic rings. The first-order chi connectivity index (χ1) is 8.97. The van der Waals surface area contributed by atoms with Gasteiger partial charge >= 0.3 is 0 Å². The summed E-state index contributed by atoms with van der Waals surface area (Å²) in [6, 6.07) is 0.312. The van der Waals surface area contributed by atoms with Crippen molar-refractivity contribution in [3.63, 3.8) is 0 Å². The van der Waals surface area contributed by atoms with Gasteiger partial charge in [0, 0.05) is 18.2 Å². The number of rotatable bonds is 5. The van der Waals surface area contributed by atoms with Gasteiger partial charge in [-0.25, -0.2) is 0 Å². The number of hydrogen-bond donors (Lipinski definition) is 1. The first-order valence-corrected chi connectivity index (χ1v) is 6.61. The van der Waals surface area contributed by atoms with Crippen molar-refractivity contribution in [2.75, 3.05) is 5.32 Å². The largest absolute Gasteiger partial charge is 0.371 e. The van der Waals surface area contributed by atoms with Crippen LogP contribution in [0.5, 0.6) is 0 Å². The lowest BCUT2D eigenvalue weighted by atomic mass is 10.2. The van der Waals surface area contributed by atoms with E-state index in [0.717, 1.165) is 11.5 Å². The molecule has 6 nitrogen and oxygen atoms in total. The molecule has 2 heterocycles. The monoisotopic (exact) mass is 263 g/mol. The number of aromatic nitrogens is 4. The molecule has 0 aliphatic rings. The van der Waals surface area contributed by atoms with Crippen LogP contribution in [0.1, 0.15) is 64.3 Å². The second-order valence-corrected chi connectivity index (χ2v) is 5.31. The quantitative estimate of drug-likeness (QED) is 0.897. The predicted octanol–water partition coefficient (Wildman–Crippen LogP) is 3.14. The highest BCUT2D eigenvalue weighted by Crippen LogP contribution is 2.20. The summed E-state index contributed by atoms with van der Waals surface area (Å²) in [5, 5.41) is 11.6. The predicted molar refractivity (Wildman–Crippen MR) is 73.0 cm³/mol. The molecule has 0 saturated carbocycles. The Hall–Kier alpha value is -1.85. The smallest absolute Gasteiger partial charge is 0.248 e. The van der Waals surface area contributed by atoms with E-state index >= 15 is 0 Å². The van der Waals surface area contributed by atoms with Crippen molar-refractivity contribution < 1.29 is 4.52 Å². The maximum absolute atomic E-state index is 5.26. The Morgan fingerprint density at radius 2 is 1.95 bits per heavy atom. The molecule has 0 aliphatic carbocycles. The molecule has 1 atom stereocenters. The maximum atomic E-state index is 5.26. The third-order valence-corrected chi connectivity index (χ3v) is 2.86. The van der Waals surface area contributed by atoms with Gasteiger partial charge in [-0.1, -0.05) is 19.0 Å². The molecule has 2 aromatic heterocycles. The van der Waals surface area contributed by atoms with Crippen molar-refractivity contribution in [2.24, 2.45) is 0 Å². The molecule has 0 bridgehead atoms. The molecular weight excluding hydrogens is 242 g/mol. The SMILES string of the molecule is CC(C)c1noc([C@H](C)Nc2cnn(C(C)C)c2)n1. The Morgan fingerprint density at radius 1 is 1.21 bits per heavy atom. The summed E-state index contributed by atoms with van der Waals surface area (Å²) in [6.07, 6.45) is 3.77. The summed E-state index contributed by atoms with van der Waals surface area (Å²) in [7, 11) is 0. The second kappa shape index (κ2) is 5.42. The lowest BCUT2D eigenvalue weighted by Gasteiger charge is -2.08. The lowest BCUT2D eigenvalue weighted by molar-refractivity contribution is 0.361. The van der Waals surface area contributed by atoms with E-state index in [2.05, 4.69) is 34.4 Å². The van der Waals surface area contributed by atoms with Gasteiger partial charge in [-0.05, 0) is 20.8 Å². The lowest BCUT2D eigenvalue weighted by Crippen LogP contribution is -2.07. The van der Waals surface area contributed by atoms with Crippen molar-refractivity contribution in [3.8, 4) is 0 Å². The zero-order valence-corrected chi connectivity index (χ0v) is 12.1. The minimum absolute atomic E-state index is 0.0372. The van der Waals surface area contributed by atoms with Crippen molar-refractivity contribution in [3.05, 3.63) is 24.1 Å². The average molecular weight is 263 g/mol. The second-order valence-electron chi connectivity index (χ2n) is 5.31. The Labute approximate surface area is 113 Å². The van der Waals surface area contributed by atoms with Gasteiger partial charge in [-0.2, -0.15) is 10.1 Å². The van der Waals surface area contributed by atoms with Gasteiger partial charge in [0.05, 0.1) is 11.9 Å². The van der Waals surface area contributed by atoms with Gasteiger partial charge in [0.15, 0.2) is 5.82 Å². The number of anilines is 1. The van der Waals surface area contributed by atoms with Crippen molar-refractivity contribution in [1.82, 2.24) is 19.9 Å². The number of hydrogen-bond acceptors (Lipinski definition) is 5. The molecule has 0 radical (unpaired) electrons. The number of nitrogens with one attached hydrogen (secondary N) is 1. The van der Waals surface area contributed by atoms with E-state index in [-0.39, 0.29) is 12.0 Å². The van der Waals surface area contributed by atoms with Gasteiger partial charge in [-0.3, -0.25) is 4.68 Å². The van der Waals surface area contributed by atoms with Crippen LogP contribution in [-0.4, -0.2) is 19.9 Å². The van der Waals surface area contributed by atoms with Gasteiger partial charge < -0.3 is 9.84 Å². The van der Waals surface area contributed by atoms with E-state index in [1.165, 1.54) is 0 Å². The van der Waals surface area contributed by atoms with E-state index in [1.54, 1.807) is 6.20 Å². The summed E-state index contributed by atoms with van der Waals surface area (Å²) in [5.74, 6) is 1.61. The fourth-order valence-corrected chi connectivity index (χ4v) is 1.66. The standard InChI is InChI=1S/C13H21N5O/c1-8(2)12-16-13(19-17-12)10(5)15-11-6-14-18(7-11)9(3)4/h6-10,15H,1-5H3/t10-/m0/s1. The molecule has 0 saturated heterocycles. The van der Waals surface area contributed by atoms with Crippen LogP contribution < -0.4 is 5.32 Å². The molecular formula is C13H21N5O. The first kappa shape index (κ1) is 13.6. The van der Waals surface area contributed by atoms with E-state index in [1.807, 2.05) is 31.6 Å². The fourth-order valence-electron chi connectivity index (χ4n) is 1.66. The van der Waals surface area contributed by atoms with E-state index < -0.39 is 0 Å². The third kappa shape index (κ3) is 3.13. The molecule has 2 rings (SSSR count). The average Bonchev–Trinajstić information content (AvgIpc) is 2.96. The summed E-state index contributed by atoms with van der Waals surface area (Å²) < 4.78 is 7.17. The highest BCUT2D eigenvalue weighted by atomic mass is 16.5. The van der Waals surface area contributed by atoms with Gasteiger partial charge in [0.2, 0.25) is 5.89 Å². The van der Waals surface area contributed by atoms with Crippen LogP contribution in [0.2, 0.25) is 0 Å². The molecule has 0 amide bonds. The van der Waals surface area contributed by atoms with Crippen LogP contribution in [0, 0.1) is 0 Å². The minimum Gasteiger partial charge on any atom is -0.371 e. The van der Waals surface area contributed by atoms with Crippen LogP contribution >= 0.6 is 0 Å².